The van der Waals surface area contributed by atoms with Crippen molar-refractivity contribution in [2.75, 3.05) is 6.54 Å². The maximum atomic E-state index is 6.34. The predicted molar refractivity (Wildman–Crippen MR) is 88.2 cm³/mol. The summed E-state index contributed by atoms with van der Waals surface area (Å²) in [7, 11) is 0. The molecule has 2 saturated carbocycles. The van der Waals surface area contributed by atoms with E-state index in [9.17, 15) is 0 Å². The summed E-state index contributed by atoms with van der Waals surface area (Å²) in [6, 6.07) is 6.71. The number of hydrogen-bond acceptors (Lipinski definition) is 2. The fourth-order valence-corrected chi connectivity index (χ4v) is 4.46. The van der Waals surface area contributed by atoms with Gasteiger partial charge in [0, 0.05) is 17.9 Å². The molecule has 2 unspecified atom stereocenters. The summed E-state index contributed by atoms with van der Waals surface area (Å²) in [5.74, 6) is 0.854. The van der Waals surface area contributed by atoms with E-state index in [4.69, 9.17) is 16.3 Å². The first kappa shape index (κ1) is 15.2. The highest BCUT2D eigenvalue weighted by Gasteiger charge is 2.56. The van der Waals surface area contributed by atoms with Crippen molar-refractivity contribution < 1.29 is 4.74 Å². The Hall–Kier alpha value is -0.730. The van der Waals surface area contributed by atoms with E-state index in [-0.39, 0.29) is 0 Å². The molecule has 0 radical (unpaired) electrons. The summed E-state index contributed by atoms with van der Waals surface area (Å²) < 4.78 is 6.33. The molecule has 0 bridgehead atoms. The Kier molecular flexibility index (Phi) is 4.46. The van der Waals surface area contributed by atoms with Gasteiger partial charge in [-0.3, -0.25) is 0 Å². The van der Waals surface area contributed by atoms with Gasteiger partial charge in [0.1, 0.15) is 11.9 Å². The molecule has 1 aromatic carbocycles. The summed E-state index contributed by atoms with van der Waals surface area (Å²) in [5, 5.41) is 4.41. The molecule has 0 aliphatic heterocycles. The lowest BCUT2D eigenvalue weighted by Crippen LogP contribution is -2.65. The van der Waals surface area contributed by atoms with Crippen LogP contribution < -0.4 is 10.1 Å². The van der Waals surface area contributed by atoms with E-state index in [1.165, 1.54) is 37.7 Å². The maximum absolute atomic E-state index is 6.34. The number of aryl methyl sites for hydroxylation is 1. The fourth-order valence-electron chi connectivity index (χ4n) is 4.18. The van der Waals surface area contributed by atoms with E-state index < -0.39 is 0 Å². The molecule has 116 valence electrons. The van der Waals surface area contributed by atoms with Gasteiger partial charge in [0.15, 0.2) is 0 Å². The van der Waals surface area contributed by atoms with Gasteiger partial charge in [0.2, 0.25) is 0 Å². The molecule has 21 heavy (non-hydrogen) atoms. The number of rotatable bonds is 4. The topological polar surface area (TPSA) is 21.3 Å². The average molecular weight is 308 g/mol. The fraction of sp³-hybridized carbons (Fsp3) is 0.667. The lowest BCUT2D eigenvalue weighted by molar-refractivity contribution is -0.102. The minimum absolute atomic E-state index is 0.321. The van der Waals surface area contributed by atoms with E-state index in [1.54, 1.807) is 0 Å². The molecule has 1 spiro atoms. The van der Waals surface area contributed by atoms with Crippen LogP contribution in [0.1, 0.15) is 51.0 Å². The third-order valence-electron chi connectivity index (χ3n) is 5.38. The monoisotopic (exact) mass is 307 g/mol. The predicted octanol–water partition coefficient (Wildman–Crippen LogP) is 4.73. The van der Waals surface area contributed by atoms with Crippen LogP contribution in [0.2, 0.25) is 5.02 Å². The van der Waals surface area contributed by atoms with E-state index in [0.717, 1.165) is 23.7 Å². The summed E-state index contributed by atoms with van der Waals surface area (Å²) >= 11 is 6.34. The number of benzene rings is 1. The highest BCUT2D eigenvalue weighted by Crippen LogP contribution is 2.53. The first-order valence-electron chi connectivity index (χ1n) is 8.32. The van der Waals surface area contributed by atoms with Crippen LogP contribution in [0.4, 0.5) is 0 Å². The van der Waals surface area contributed by atoms with Gasteiger partial charge in [-0.1, -0.05) is 43.9 Å². The van der Waals surface area contributed by atoms with Crippen LogP contribution in [-0.2, 0) is 0 Å². The smallest absolute Gasteiger partial charge is 0.138 e. The van der Waals surface area contributed by atoms with Crippen LogP contribution in [0.3, 0.4) is 0 Å². The zero-order valence-corrected chi connectivity index (χ0v) is 13.9. The molecule has 1 aromatic rings. The highest BCUT2D eigenvalue weighted by molar-refractivity contribution is 6.32. The first-order chi connectivity index (χ1) is 10.2. The average Bonchev–Trinajstić information content (AvgIpc) is 2.49. The molecule has 2 aliphatic rings. The lowest BCUT2D eigenvalue weighted by Gasteiger charge is -2.57. The molecule has 0 aromatic heterocycles. The normalized spacial score (nSPS) is 27.4. The third-order valence-corrected chi connectivity index (χ3v) is 5.67. The number of ether oxygens (including phenoxy) is 1. The van der Waals surface area contributed by atoms with Crippen molar-refractivity contribution in [1.29, 1.82) is 0 Å². The van der Waals surface area contributed by atoms with Crippen LogP contribution in [0.5, 0.6) is 5.75 Å². The summed E-state index contributed by atoms with van der Waals surface area (Å²) in [4.78, 5) is 0. The van der Waals surface area contributed by atoms with Crippen molar-refractivity contribution in [3.63, 3.8) is 0 Å². The minimum atomic E-state index is 0.321. The lowest BCUT2D eigenvalue weighted by atomic mass is 9.55. The Bertz CT molecular complexity index is 496. The van der Waals surface area contributed by atoms with Gasteiger partial charge in [0.25, 0.3) is 0 Å². The standard InChI is InChI=1S/C18H26ClNO/c1-3-20-16-12-17(18(16)9-5-4-6-10-18)21-15-8-7-13(2)11-14(15)19/h7-8,11,16-17,20H,3-6,9-10,12H2,1-2H3. The second-order valence-electron chi connectivity index (χ2n) is 6.68. The van der Waals surface area contributed by atoms with E-state index >= 15 is 0 Å². The number of nitrogens with one attached hydrogen (secondary N) is 1. The van der Waals surface area contributed by atoms with Crippen molar-refractivity contribution in [1.82, 2.24) is 5.32 Å². The molecule has 3 heteroatoms. The van der Waals surface area contributed by atoms with Crippen LogP contribution in [0.25, 0.3) is 0 Å². The highest BCUT2D eigenvalue weighted by atomic mass is 35.5. The van der Waals surface area contributed by atoms with Crippen molar-refractivity contribution in [3.8, 4) is 5.75 Å². The van der Waals surface area contributed by atoms with Gasteiger partial charge in [-0.15, -0.1) is 0 Å². The molecule has 2 nitrogen and oxygen atoms in total. The molecule has 0 saturated heterocycles. The van der Waals surface area contributed by atoms with E-state index in [2.05, 4.69) is 25.2 Å². The zero-order chi connectivity index (χ0) is 14.9. The van der Waals surface area contributed by atoms with Gasteiger partial charge in [-0.2, -0.15) is 0 Å². The number of halogens is 1. The van der Waals surface area contributed by atoms with Gasteiger partial charge < -0.3 is 10.1 Å². The third kappa shape index (κ3) is 2.80. The molecular weight excluding hydrogens is 282 g/mol. The zero-order valence-electron chi connectivity index (χ0n) is 13.1. The maximum Gasteiger partial charge on any atom is 0.138 e. The Morgan fingerprint density at radius 2 is 2.05 bits per heavy atom. The summed E-state index contributed by atoms with van der Waals surface area (Å²) in [5.41, 5.74) is 1.52. The minimum Gasteiger partial charge on any atom is -0.488 e. The molecule has 3 rings (SSSR count). The Morgan fingerprint density at radius 3 is 2.71 bits per heavy atom. The summed E-state index contributed by atoms with van der Waals surface area (Å²) in [6.07, 6.45) is 8.06. The Morgan fingerprint density at radius 1 is 1.29 bits per heavy atom. The van der Waals surface area contributed by atoms with Crippen molar-refractivity contribution >= 4 is 11.6 Å². The van der Waals surface area contributed by atoms with Crippen molar-refractivity contribution in [3.05, 3.63) is 28.8 Å². The van der Waals surface area contributed by atoms with Crippen LogP contribution in [0, 0.1) is 12.3 Å². The van der Waals surface area contributed by atoms with Gasteiger partial charge >= 0.3 is 0 Å². The van der Waals surface area contributed by atoms with E-state index in [0.29, 0.717) is 17.6 Å². The molecule has 0 amide bonds. The molecule has 2 atom stereocenters. The van der Waals surface area contributed by atoms with Crippen LogP contribution in [-0.4, -0.2) is 18.7 Å². The largest absolute Gasteiger partial charge is 0.488 e. The van der Waals surface area contributed by atoms with E-state index in [1.807, 2.05) is 12.1 Å². The second kappa shape index (κ2) is 6.18. The molecule has 2 fully saturated rings. The van der Waals surface area contributed by atoms with Gasteiger partial charge in [-0.05, 0) is 44.0 Å². The van der Waals surface area contributed by atoms with Gasteiger partial charge in [0.05, 0.1) is 5.02 Å². The number of hydrogen-bond donors (Lipinski definition) is 1. The Balaban J connectivity index is 1.75. The Labute approximate surface area is 133 Å². The second-order valence-corrected chi connectivity index (χ2v) is 7.09. The van der Waals surface area contributed by atoms with Crippen LogP contribution in [0.15, 0.2) is 18.2 Å². The van der Waals surface area contributed by atoms with Crippen molar-refractivity contribution in [2.45, 2.75) is 64.5 Å². The summed E-state index contributed by atoms with van der Waals surface area (Å²) in [6.45, 7) is 5.30. The van der Waals surface area contributed by atoms with Crippen molar-refractivity contribution in [2.24, 2.45) is 5.41 Å². The molecule has 2 aliphatic carbocycles. The molecule has 0 heterocycles. The molecule has 1 N–H and O–H groups in total. The quantitative estimate of drug-likeness (QED) is 0.868. The first-order valence-corrected chi connectivity index (χ1v) is 8.70. The SMILES string of the molecule is CCNC1CC(Oc2ccc(C)cc2Cl)C12CCCCC2. The molecular formula is C18H26ClNO. The van der Waals surface area contributed by atoms with Gasteiger partial charge in [-0.25, -0.2) is 0 Å². The van der Waals surface area contributed by atoms with Crippen LogP contribution >= 0.6 is 11.6 Å².